The Bertz CT molecular complexity index is 518. The molecule has 0 fully saturated rings. The highest BCUT2D eigenvalue weighted by molar-refractivity contribution is 5.77. The molecule has 0 aliphatic rings. The van der Waals surface area contributed by atoms with Crippen LogP contribution in [0.25, 0.3) is 0 Å². The number of amides is 1. The Morgan fingerprint density at radius 3 is 2.60 bits per heavy atom. The number of hydrogen-bond donors (Lipinski definition) is 1. The van der Waals surface area contributed by atoms with Crippen molar-refractivity contribution >= 4 is 11.6 Å². The largest absolute Gasteiger partial charge is 0.477 e. The first-order valence-electron chi connectivity index (χ1n) is 5.09. The molecule has 110 valence electrons. The second-order valence-corrected chi connectivity index (χ2v) is 3.55. The number of carbonyl (C=O) groups is 1. The third kappa shape index (κ3) is 5.08. The molecule has 1 rings (SSSR count). The molecule has 0 unspecified atom stereocenters. The first-order chi connectivity index (χ1) is 9.19. The van der Waals surface area contributed by atoms with Crippen LogP contribution in [-0.2, 0) is 4.79 Å². The number of nitrogens with one attached hydrogen (secondary N) is 1. The topological polar surface area (TPSA) is 81.5 Å². The summed E-state index contributed by atoms with van der Waals surface area (Å²) in [5.74, 6) is -2.53. The van der Waals surface area contributed by atoms with Crippen LogP contribution in [0.1, 0.15) is 0 Å². The van der Waals surface area contributed by atoms with Crippen LogP contribution < -0.4 is 10.1 Å². The summed E-state index contributed by atoms with van der Waals surface area (Å²) >= 11 is 0. The van der Waals surface area contributed by atoms with E-state index in [0.29, 0.717) is 6.07 Å². The molecule has 20 heavy (non-hydrogen) atoms. The van der Waals surface area contributed by atoms with E-state index in [1.807, 2.05) is 0 Å². The van der Waals surface area contributed by atoms with Crippen LogP contribution >= 0.6 is 0 Å². The minimum Gasteiger partial charge on any atom is -0.477 e. The summed E-state index contributed by atoms with van der Waals surface area (Å²) in [6.45, 7) is -2.46. The van der Waals surface area contributed by atoms with Crippen LogP contribution in [0.5, 0.6) is 5.75 Å². The number of rotatable bonds is 5. The standard InChI is InChI=1S/C10H8F4N2O4/c11-6-1-2-7(16(18)19)8(3-6)20-4-9(17)15-5-10(12,13)14/h1-3H,4-5H2,(H,15,17). The first-order valence-corrected chi connectivity index (χ1v) is 5.09. The summed E-state index contributed by atoms with van der Waals surface area (Å²) in [5.41, 5.74) is -0.602. The average molecular weight is 296 g/mol. The Hall–Kier alpha value is -2.39. The lowest BCUT2D eigenvalue weighted by Gasteiger charge is -2.09. The van der Waals surface area contributed by atoms with E-state index < -0.39 is 47.4 Å². The van der Waals surface area contributed by atoms with E-state index in [1.54, 1.807) is 0 Å². The van der Waals surface area contributed by atoms with E-state index in [2.05, 4.69) is 4.74 Å². The predicted octanol–water partition coefficient (Wildman–Crippen LogP) is 1.79. The Morgan fingerprint density at radius 2 is 2.05 bits per heavy atom. The molecule has 0 saturated heterocycles. The van der Waals surface area contributed by atoms with Gasteiger partial charge < -0.3 is 10.1 Å². The van der Waals surface area contributed by atoms with Gasteiger partial charge in [-0.15, -0.1) is 0 Å². The van der Waals surface area contributed by atoms with Gasteiger partial charge in [-0.2, -0.15) is 13.2 Å². The maximum atomic E-state index is 12.9. The van der Waals surface area contributed by atoms with Crippen LogP contribution in [0.3, 0.4) is 0 Å². The molecule has 0 atom stereocenters. The number of benzene rings is 1. The minimum absolute atomic E-state index is 0.544. The SMILES string of the molecule is O=C(COc1cc(F)ccc1[N+](=O)[O-])NCC(F)(F)F. The van der Waals surface area contributed by atoms with Crippen molar-refractivity contribution in [1.82, 2.24) is 5.32 Å². The minimum atomic E-state index is -4.58. The molecule has 6 nitrogen and oxygen atoms in total. The zero-order chi connectivity index (χ0) is 15.3. The second kappa shape index (κ2) is 6.17. The van der Waals surface area contributed by atoms with Crippen LogP contribution in [0.4, 0.5) is 23.2 Å². The maximum Gasteiger partial charge on any atom is 0.405 e. The molecule has 0 saturated carbocycles. The zero-order valence-electron chi connectivity index (χ0n) is 9.74. The molecule has 0 aliphatic carbocycles. The third-order valence-corrected chi connectivity index (χ3v) is 1.96. The Balaban J connectivity index is 2.63. The van der Waals surface area contributed by atoms with Crippen molar-refractivity contribution in [3.8, 4) is 5.75 Å². The van der Waals surface area contributed by atoms with Crippen LogP contribution in [0, 0.1) is 15.9 Å². The predicted molar refractivity (Wildman–Crippen MR) is 57.6 cm³/mol. The van der Waals surface area contributed by atoms with Crippen molar-refractivity contribution < 1.29 is 32.0 Å². The lowest BCUT2D eigenvalue weighted by atomic mass is 10.3. The van der Waals surface area contributed by atoms with Crippen LogP contribution in [0.2, 0.25) is 0 Å². The molecule has 10 heteroatoms. The van der Waals surface area contributed by atoms with Gasteiger partial charge in [0, 0.05) is 12.1 Å². The summed E-state index contributed by atoms with van der Waals surface area (Å²) in [6.07, 6.45) is -4.58. The normalized spacial score (nSPS) is 11.0. The number of ether oxygens (including phenoxy) is 1. The van der Waals surface area contributed by atoms with E-state index in [9.17, 15) is 32.5 Å². The number of nitro benzene ring substituents is 1. The average Bonchev–Trinajstić information content (AvgIpc) is 2.32. The van der Waals surface area contributed by atoms with E-state index in [0.717, 1.165) is 12.1 Å². The van der Waals surface area contributed by atoms with Gasteiger partial charge in [0.1, 0.15) is 12.4 Å². The van der Waals surface area contributed by atoms with Gasteiger partial charge in [0.05, 0.1) is 4.92 Å². The van der Waals surface area contributed by atoms with E-state index in [1.165, 1.54) is 5.32 Å². The van der Waals surface area contributed by atoms with Crippen molar-refractivity contribution in [3.63, 3.8) is 0 Å². The second-order valence-electron chi connectivity index (χ2n) is 3.55. The number of nitrogens with zero attached hydrogens (tertiary/aromatic N) is 1. The van der Waals surface area contributed by atoms with Crippen molar-refractivity contribution in [2.45, 2.75) is 6.18 Å². The van der Waals surface area contributed by atoms with Gasteiger partial charge in [0.25, 0.3) is 5.91 Å². The van der Waals surface area contributed by atoms with Crippen molar-refractivity contribution in [2.24, 2.45) is 0 Å². The van der Waals surface area contributed by atoms with Gasteiger partial charge in [0.15, 0.2) is 6.61 Å². The molecule has 0 radical (unpaired) electrons. The first kappa shape index (κ1) is 15.7. The van der Waals surface area contributed by atoms with Crippen LogP contribution in [-0.4, -0.2) is 30.2 Å². The molecule has 0 aromatic heterocycles. The van der Waals surface area contributed by atoms with Crippen molar-refractivity contribution in [1.29, 1.82) is 0 Å². The third-order valence-electron chi connectivity index (χ3n) is 1.96. The summed E-state index contributed by atoms with van der Waals surface area (Å²) in [5, 5.41) is 12.1. The number of hydrogen-bond acceptors (Lipinski definition) is 4. The van der Waals surface area contributed by atoms with Gasteiger partial charge in [-0.1, -0.05) is 0 Å². The van der Waals surface area contributed by atoms with Crippen molar-refractivity contribution in [3.05, 3.63) is 34.1 Å². The molecule has 0 aliphatic heterocycles. The number of halogens is 4. The van der Waals surface area contributed by atoms with Gasteiger partial charge in [0.2, 0.25) is 5.75 Å². The zero-order valence-corrected chi connectivity index (χ0v) is 9.74. The van der Waals surface area contributed by atoms with E-state index in [-0.39, 0.29) is 0 Å². The fourth-order valence-corrected chi connectivity index (χ4v) is 1.15. The molecule has 0 bridgehead atoms. The highest BCUT2D eigenvalue weighted by atomic mass is 19.4. The quantitative estimate of drug-likeness (QED) is 0.510. The lowest BCUT2D eigenvalue weighted by molar-refractivity contribution is -0.385. The van der Waals surface area contributed by atoms with Gasteiger partial charge in [-0.3, -0.25) is 14.9 Å². The summed E-state index contributed by atoms with van der Waals surface area (Å²) in [4.78, 5) is 20.7. The van der Waals surface area contributed by atoms with Gasteiger partial charge in [-0.25, -0.2) is 4.39 Å². The summed E-state index contributed by atoms with van der Waals surface area (Å²) in [7, 11) is 0. The fourth-order valence-electron chi connectivity index (χ4n) is 1.15. The Morgan fingerprint density at radius 1 is 1.40 bits per heavy atom. The monoisotopic (exact) mass is 296 g/mol. The lowest BCUT2D eigenvalue weighted by Crippen LogP contribution is -2.36. The highest BCUT2D eigenvalue weighted by Gasteiger charge is 2.27. The number of nitro groups is 1. The Kier molecular flexibility index (Phi) is 4.83. The van der Waals surface area contributed by atoms with Gasteiger partial charge in [-0.05, 0) is 6.07 Å². The maximum absolute atomic E-state index is 12.9. The van der Waals surface area contributed by atoms with Crippen LogP contribution in [0.15, 0.2) is 18.2 Å². The van der Waals surface area contributed by atoms with Crippen molar-refractivity contribution in [2.75, 3.05) is 13.2 Å². The Labute approximate surface area is 109 Å². The molecule has 1 amide bonds. The number of carbonyl (C=O) groups excluding carboxylic acids is 1. The fraction of sp³-hybridized carbons (Fsp3) is 0.300. The molecule has 1 aromatic carbocycles. The molecular weight excluding hydrogens is 288 g/mol. The summed E-state index contributed by atoms with van der Waals surface area (Å²) < 4.78 is 53.0. The van der Waals surface area contributed by atoms with E-state index in [4.69, 9.17) is 0 Å². The van der Waals surface area contributed by atoms with Gasteiger partial charge >= 0.3 is 11.9 Å². The number of alkyl halides is 3. The summed E-state index contributed by atoms with van der Waals surface area (Å²) in [6, 6.07) is 2.29. The molecular formula is C10H8F4N2O4. The molecule has 0 spiro atoms. The molecule has 1 N–H and O–H groups in total. The molecule has 1 aromatic rings. The highest BCUT2D eigenvalue weighted by Crippen LogP contribution is 2.27. The smallest absolute Gasteiger partial charge is 0.405 e. The molecule has 0 heterocycles. The van der Waals surface area contributed by atoms with E-state index >= 15 is 0 Å².